The molecule has 12 nitrogen and oxygen atoms in total. The third-order valence-corrected chi connectivity index (χ3v) is 7.74. The molecule has 0 radical (unpaired) electrons. The Labute approximate surface area is 201 Å². The molecule has 1 aliphatic rings. The summed E-state index contributed by atoms with van der Waals surface area (Å²) in [6.45, 7) is 1.44. The van der Waals surface area contributed by atoms with Gasteiger partial charge < -0.3 is 11.5 Å². The van der Waals surface area contributed by atoms with E-state index in [0.717, 1.165) is 30.4 Å². The molecule has 0 atom stereocenters. The predicted octanol–water partition coefficient (Wildman–Crippen LogP) is 1.82. The van der Waals surface area contributed by atoms with Gasteiger partial charge in [0.15, 0.2) is 0 Å². The van der Waals surface area contributed by atoms with E-state index >= 15 is 0 Å². The molecule has 0 aliphatic heterocycles. The number of allylic oxidation sites excluding steroid dienone is 5. The van der Waals surface area contributed by atoms with Crippen LogP contribution in [0.3, 0.4) is 0 Å². The van der Waals surface area contributed by atoms with Crippen LogP contribution in [0.5, 0.6) is 0 Å². The number of anilines is 2. The van der Waals surface area contributed by atoms with Crippen molar-refractivity contribution in [2.24, 2.45) is 0 Å². The van der Waals surface area contributed by atoms with Crippen LogP contribution in [0.4, 0.5) is 11.4 Å². The van der Waals surface area contributed by atoms with Crippen molar-refractivity contribution in [2.75, 3.05) is 11.5 Å². The van der Waals surface area contributed by atoms with Crippen LogP contribution in [-0.4, -0.2) is 44.6 Å². The fourth-order valence-corrected chi connectivity index (χ4v) is 5.41. The smallest absolute Gasteiger partial charge is 0.296 e. The van der Waals surface area contributed by atoms with E-state index in [1.54, 1.807) is 0 Å². The molecule has 2 aromatic rings. The maximum Gasteiger partial charge on any atom is 0.296 e. The molecule has 8 N–H and O–H groups in total. The highest BCUT2D eigenvalue weighted by atomic mass is 32.2. The molecular formula is C20H19N3O9S3. The summed E-state index contributed by atoms with van der Waals surface area (Å²) in [6, 6.07) is 5.82. The van der Waals surface area contributed by atoms with Crippen molar-refractivity contribution in [2.45, 2.75) is 16.7 Å². The number of benzene rings is 2. The standard InChI is InChI=1S/C20H19N3O9S3/c1-10-6-13(9-18(20(10)23)35(30,31)32)19(11-2-4-14(21)16(7-11)33(24,25)26)12-3-5-15(22)17(8-12)34(27,28)29/h2-9,21H,22-23H2,1H3,(H,24,25,26)(H,27,28,29)(H,30,31,32)/b19-11-,21-14?. The summed E-state index contributed by atoms with van der Waals surface area (Å²) in [7, 11) is -14.5. The zero-order valence-corrected chi connectivity index (χ0v) is 20.2. The number of hydrogen-bond donors (Lipinski definition) is 6. The van der Waals surface area contributed by atoms with Gasteiger partial charge in [-0.05, 0) is 71.2 Å². The van der Waals surface area contributed by atoms with Crippen molar-refractivity contribution < 1.29 is 38.9 Å². The van der Waals surface area contributed by atoms with E-state index in [2.05, 4.69) is 0 Å². The first-order valence-electron chi connectivity index (χ1n) is 9.37. The van der Waals surface area contributed by atoms with Gasteiger partial charge in [0.1, 0.15) is 14.7 Å². The molecule has 0 aromatic heterocycles. The van der Waals surface area contributed by atoms with E-state index in [-0.39, 0.29) is 39.2 Å². The summed E-state index contributed by atoms with van der Waals surface area (Å²) >= 11 is 0. The highest BCUT2D eigenvalue weighted by Gasteiger charge is 2.25. The van der Waals surface area contributed by atoms with Crippen LogP contribution in [0.1, 0.15) is 16.7 Å². The molecule has 186 valence electrons. The molecule has 0 unspecified atom stereocenters. The lowest BCUT2D eigenvalue weighted by atomic mass is 9.89. The summed E-state index contributed by atoms with van der Waals surface area (Å²) in [5, 5.41) is 7.79. The molecule has 2 aromatic carbocycles. The van der Waals surface area contributed by atoms with E-state index in [1.807, 2.05) is 0 Å². The largest absolute Gasteiger partial charge is 0.398 e. The van der Waals surface area contributed by atoms with Crippen LogP contribution in [0.15, 0.2) is 68.8 Å². The van der Waals surface area contributed by atoms with E-state index < -0.39 is 50.8 Å². The first kappa shape index (κ1) is 26.3. The quantitative estimate of drug-likeness (QED) is 0.235. The number of aryl methyl sites for hydroxylation is 1. The minimum Gasteiger partial charge on any atom is -0.398 e. The number of rotatable bonds is 5. The monoisotopic (exact) mass is 541 g/mol. The number of nitrogens with two attached hydrogens (primary N) is 2. The fourth-order valence-electron chi connectivity index (χ4n) is 3.43. The lowest BCUT2D eigenvalue weighted by Crippen LogP contribution is -2.13. The van der Waals surface area contributed by atoms with Crippen LogP contribution < -0.4 is 11.5 Å². The van der Waals surface area contributed by atoms with Crippen molar-refractivity contribution >= 4 is 53.0 Å². The molecule has 1 aliphatic carbocycles. The van der Waals surface area contributed by atoms with E-state index in [4.69, 9.17) is 16.9 Å². The Morgan fingerprint density at radius 2 is 1.37 bits per heavy atom. The van der Waals surface area contributed by atoms with Gasteiger partial charge in [0.25, 0.3) is 30.4 Å². The number of hydrogen-bond acceptors (Lipinski definition) is 9. The summed E-state index contributed by atoms with van der Waals surface area (Å²) in [6.07, 6.45) is 3.25. The number of nitrogen functional groups attached to an aromatic ring is 2. The molecule has 35 heavy (non-hydrogen) atoms. The zero-order valence-electron chi connectivity index (χ0n) is 17.8. The van der Waals surface area contributed by atoms with Gasteiger partial charge in [0.05, 0.1) is 17.1 Å². The molecule has 0 heterocycles. The van der Waals surface area contributed by atoms with Gasteiger partial charge in [-0.1, -0.05) is 12.1 Å². The zero-order chi connectivity index (χ0) is 26.5. The van der Waals surface area contributed by atoms with Crippen molar-refractivity contribution in [3.63, 3.8) is 0 Å². The van der Waals surface area contributed by atoms with E-state index in [0.29, 0.717) is 0 Å². The molecule has 3 rings (SSSR count). The lowest BCUT2D eigenvalue weighted by molar-refractivity contribution is 0.481. The second-order valence-corrected chi connectivity index (χ2v) is 11.6. The summed E-state index contributed by atoms with van der Waals surface area (Å²) < 4.78 is 99.7. The number of nitrogens with one attached hydrogen (secondary N) is 1. The van der Waals surface area contributed by atoms with Gasteiger partial charge in [-0.15, -0.1) is 0 Å². The summed E-state index contributed by atoms with van der Waals surface area (Å²) in [5.74, 6) is 0. The maximum absolute atomic E-state index is 11.9. The molecular weight excluding hydrogens is 522 g/mol. The van der Waals surface area contributed by atoms with Crippen LogP contribution in [0, 0.1) is 12.3 Å². The minimum absolute atomic E-state index is 0.00476. The summed E-state index contributed by atoms with van der Waals surface area (Å²) in [4.78, 5) is -2.12. The Kier molecular flexibility index (Phi) is 6.53. The van der Waals surface area contributed by atoms with Gasteiger partial charge in [0.2, 0.25) is 0 Å². The SMILES string of the molecule is Cc1cc(/C(=C2/C=CC(=N)C(S(=O)(=O)O)=C2)c2ccc(N)c(S(=O)(=O)O)c2)cc(S(=O)(=O)O)c1N. The van der Waals surface area contributed by atoms with Gasteiger partial charge in [-0.3, -0.25) is 19.1 Å². The Morgan fingerprint density at radius 3 is 1.91 bits per heavy atom. The fraction of sp³-hybridized carbons (Fsp3) is 0.0500. The second kappa shape index (κ2) is 8.71. The summed E-state index contributed by atoms with van der Waals surface area (Å²) in [5.41, 5.74) is 10.6. The third kappa shape index (κ3) is 5.34. The van der Waals surface area contributed by atoms with Crippen LogP contribution in [0.2, 0.25) is 0 Å². The highest BCUT2D eigenvalue weighted by Crippen LogP contribution is 2.37. The van der Waals surface area contributed by atoms with Gasteiger partial charge in [-0.2, -0.15) is 25.3 Å². The third-order valence-electron chi connectivity index (χ3n) is 5.04. The van der Waals surface area contributed by atoms with Crippen molar-refractivity contribution in [3.8, 4) is 0 Å². The first-order chi connectivity index (χ1) is 15.9. The molecule has 0 spiro atoms. The van der Waals surface area contributed by atoms with Crippen molar-refractivity contribution in [1.82, 2.24) is 0 Å². The minimum atomic E-state index is -4.85. The Hall–Kier alpha value is -3.34. The first-order valence-corrected chi connectivity index (χ1v) is 13.7. The predicted molar refractivity (Wildman–Crippen MR) is 129 cm³/mol. The normalized spacial score (nSPS) is 16.2. The van der Waals surface area contributed by atoms with Crippen molar-refractivity contribution in [1.29, 1.82) is 5.41 Å². The molecule has 0 saturated heterocycles. The average molecular weight is 542 g/mol. The van der Waals surface area contributed by atoms with Crippen molar-refractivity contribution in [3.05, 3.63) is 75.7 Å². The Morgan fingerprint density at radius 1 is 0.800 bits per heavy atom. The highest BCUT2D eigenvalue weighted by molar-refractivity contribution is 7.91. The van der Waals surface area contributed by atoms with Gasteiger partial charge >= 0.3 is 0 Å². The van der Waals surface area contributed by atoms with Gasteiger partial charge in [-0.25, -0.2) is 0 Å². The Bertz CT molecular complexity index is 1700. The lowest BCUT2D eigenvalue weighted by Gasteiger charge is -2.18. The average Bonchev–Trinajstić information content (AvgIpc) is 2.70. The Balaban J connectivity index is 2.52. The topological polar surface area (TPSA) is 239 Å². The van der Waals surface area contributed by atoms with Crippen LogP contribution in [-0.2, 0) is 30.4 Å². The molecule has 0 bridgehead atoms. The van der Waals surface area contributed by atoms with Crippen LogP contribution in [0.25, 0.3) is 5.57 Å². The molecule has 0 saturated carbocycles. The van der Waals surface area contributed by atoms with Gasteiger partial charge in [0, 0.05) is 0 Å². The maximum atomic E-state index is 11.9. The molecule has 0 fully saturated rings. The molecule has 0 amide bonds. The molecule has 15 heteroatoms. The van der Waals surface area contributed by atoms with E-state index in [1.165, 1.54) is 25.1 Å². The second-order valence-electron chi connectivity index (χ2n) is 7.47. The van der Waals surface area contributed by atoms with E-state index in [9.17, 15) is 38.9 Å². The van der Waals surface area contributed by atoms with Crippen LogP contribution >= 0.6 is 0 Å².